The molecular weight excluding hydrogens is 222 g/mol. The summed E-state index contributed by atoms with van der Waals surface area (Å²) < 4.78 is 0. The van der Waals surface area contributed by atoms with Crippen LogP contribution in [0, 0.1) is 6.92 Å². The third-order valence-corrected chi connectivity index (χ3v) is 2.94. The number of ketones is 1. The molecule has 2 aromatic rings. The molecule has 0 N–H and O–H groups in total. The van der Waals surface area contributed by atoms with E-state index in [4.69, 9.17) is 0 Å². The summed E-state index contributed by atoms with van der Waals surface area (Å²) >= 11 is 0. The van der Waals surface area contributed by atoms with Gasteiger partial charge < -0.3 is 4.90 Å². The van der Waals surface area contributed by atoms with Crippen molar-refractivity contribution in [2.45, 2.75) is 6.92 Å². The van der Waals surface area contributed by atoms with E-state index in [0.29, 0.717) is 0 Å². The Balaban J connectivity index is 2.34. The second kappa shape index (κ2) is 5.05. The predicted octanol–water partition coefficient (Wildman–Crippen LogP) is 3.29. The molecule has 0 amide bonds. The van der Waals surface area contributed by atoms with Crippen molar-refractivity contribution in [1.29, 1.82) is 0 Å². The Morgan fingerprint density at radius 2 is 1.61 bits per heavy atom. The van der Waals surface area contributed by atoms with E-state index in [0.717, 1.165) is 22.4 Å². The molecular formula is C16H17NO. The first kappa shape index (κ1) is 12.4. The Morgan fingerprint density at radius 1 is 0.944 bits per heavy atom. The van der Waals surface area contributed by atoms with Gasteiger partial charge in [-0.05, 0) is 19.1 Å². The van der Waals surface area contributed by atoms with Crippen molar-refractivity contribution in [1.82, 2.24) is 0 Å². The highest BCUT2D eigenvalue weighted by molar-refractivity contribution is 6.09. The third kappa shape index (κ3) is 2.59. The molecule has 2 heteroatoms. The predicted molar refractivity (Wildman–Crippen MR) is 75.4 cm³/mol. The van der Waals surface area contributed by atoms with Crippen LogP contribution in [0.3, 0.4) is 0 Å². The zero-order valence-corrected chi connectivity index (χ0v) is 11.0. The lowest BCUT2D eigenvalue weighted by atomic mass is 10.0. The molecule has 0 radical (unpaired) electrons. The van der Waals surface area contributed by atoms with E-state index in [1.165, 1.54) is 0 Å². The number of aryl methyl sites for hydroxylation is 1. The van der Waals surface area contributed by atoms with Gasteiger partial charge in [0.25, 0.3) is 0 Å². The van der Waals surface area contributed by atoms with Crippen LogP contribution in [-0.2, 0) is 0 Å². The minimum atomic E-state index is 0.0682. The van der Waals surface area contributed by atoms with Crippen LogP contribution in [0.5, 0.6) is 0 Å². The Hall–Kier alpha value is -2.09. The molecule has 0 bridgehead atoms. The van der Waals surface area contributed by atoms with Crippen molar-refractivity contribution in [3.8, 4) is 0 Å². The van der Waals surface area contributed by atoms with Crippen molar-refractivity contribution in [3.63, 3.8) is 0 Å². The molecule has 0 saturated heterocycles. The summed E-state index contributed by atoms with van der Waals surface area (Å²) in [4.78, 5) is 14.3. The van der Waals surface area contributed by atoms with Gasteiger partial charge in [-0.15, -0.1) is 0 Å². The molecule has 0 atom stereocenters. The fraction of sp³-hybridized carbons (Fsp3) is 0.188. The van der Waals surface area contributed by atoms with Crippen LogP contribution in [0.25, 0.3) is 0 Å². The van der Waals surface area contributed by atoms with E-state index in [1.54, 1.807) is 0 Å². The standard InChI is InChI=1S/C16H17NO/c1-12-7-9-13(10-8-12)16(18)14-5-4-6-15(11-14)17(2)3/h4-11H,1-3H3. The van der Waals surface area contributed by atoms with Gasteiger partial charge in [-0.25, -0.2) is 0 Å². The summed E-state index contributed by atoms with van der Waals surface area (Å²) in [6.45, 7) is 2.01. The Kier molecular flexibility index (Phi) is 3.47. The second-order valence-corrected chi connectivity index (χ2v) is 4.64. The first-order valence-corrected chi connectivity index (χ1v) is 5.96. The van der Waals surface area contributed by atoms with Crippen molar-refractivity contribution < 1.29 is 4.79 Å². The lowest BCUT2D eigenvalue weighted by molar-refractivity contribution is 0.103. The van der Waals surface area contributed by atoms with E-state index >= 15 is 0 Å². The molecule has 0 heterocycles. The number of benzene rings is 2. The number of nitrogens with zero attached hydrogens (tertiary/aromatic N) is 1. The van der Waals surface area contributed by atoms with Gasteiger partial charge in [0.05, 0.1) is 0 Å². The van der Waals surface area contributed by atoms with Gasteiger partial charge in [0.1, 0.15) is 0 Å². The molecule has 0 aliphatic rings. The van der Waals surface area contributed by atoms with Crippen LogP contribution in [0.2, 0.25) is 0 Å². The maximum Gasteiger partial charge on any atom is 0.193 e. The van der Waals surface area contributed by atoms with E-state index in [1.807, 2.05) is 74.4 Å². The van der Waals surface area contributed by atoms with Crippen LogP contribution in [0.1, 0.15) is 21.5 Å². The maximum atomic E-state index is 12.3. The quantitative estimate of drug-likeness (QED) is 0.766. The van der Waals surface area contributed by atoms with E-state index < -0.39 is 0 Å². The normalized spacial score (nSPS) is 10.2. The van der Waals surface area contributed by atoms with Crippen LogP contribution in [0.4, 0.5) is 5.69 Å². The highest BCUT2D eigenvalue weighted by Crippen LogP contribution is 2.17. The largest absolute Gasteiger partial charge is 0.378 e. The van der Waals surface area contributed by atoms with Crippen molar-refractivity contribution in [2.75, 3.05) is 19.0 Å². The number of anilines is 1. The molecule has 0 saturated carbocycles. The van der Waals surface area contributed by atoms with Gasteiger partial charge in [-0.3, -0.25) is 4.79 Å². The summed E-state index contributed by atoms with van der Waals surface area (Å²) in [5.41, 5.74) is 3.66. The smallest absolute Gasteiger partial charge is 0.193 e. The minimum absolute atomic E-state index is 0.0682. The molecule has 2 aromatic carbocycles. The van der Waals surface area contributed by atoms with Crippen molar-refractivity contribution in [3.05, 3.63) is 65.2 Å². The molecule has 0 aliphatic heterocycles. The first-order valence-electron chi connectivity index (χ1n) is 5.96. The average Bonchev–Trinajstić information content (AvgIpc) is 2.39. The van der Waals surface area contributed by atoms with Gasteiger partial charge in [-0.2, -0.15) is 0 Å². The van der Waals surface area contributed by atoms with Crippen molar-refractivity contribution >= 4 is 11.5 Å². The minimum Gasteiger partial charge on any atom is -0.378 e. The third-order valence-electron chi connectivity index (χ3n) is 2.94. The number of carbonyl (C=O) groups is 1. The zero-order chi connectivity index (χ0) is 13.1. The molecule has 2 rings (SSSR count). The second-order valence-electron chi connectivity index (χ2n) is 4.64. The number of rotatable bonds is 3. The Bertz CT molecular complexity index is 556. The van der Waals surface area contributed by atoms with Gasteiger partial charge in [0, 0.05) is 30.9 Å². The average molecular weight is 239 g/mol. The maximum absolute atomic E-state index is 12.3. The topological polar surface area (TPSA) is 20.3 Å². The molecule has 2 nitrogen and oxygen atoms in total. The molecule has 0 fully saturated rings. The highest BCUT2D eigenvalue weighted by atomic mass is 16.1. The van der Waals surface area contributed by atoms with E-state index in [-0.39, 0.29) is 5.78 Å². The lowest BCUT2D eigenvalue weighted by Gasteiger charge is -2.13. The summed E-state index contributed by atoms with van der Waals surface area (Å²) in [5, 5.41) is 0. The fourth-order valence-corrected chi connectivity index (χ4v) is 1.80. The summed E-state index contributed by atoms with van der Waals surface area (Å²) in [6, 6.07) is 15.4. The first-order chi connectivity index (χ1) is 8.58. The number of carbonyl (C=O) groups excluding carboxylic acids is 1. The lowest BCUT2D eigenvalue weighted by Crippen LogP contribution is -2.10. The summed E-state index contributed by atoms with van der Waals surface area (Å²) in [6.07, 6.45) is 0. The zero-order valence-electron chi connectivity index (χ0n) is 11.0. The number of hydrogen-bond donors (Lipinski definition) is 0. The molecule has 92 valence electrons. The highest BCUT2D eigenvalue weighted by Gasteiger charge is 2.09. The van der Waals surface area contributed by atoms with Crippen LogP contribution in [0.15, 0.2) is 48.5 Å². The van der Waals surface area contributed by atoms with E-state index in [2.05, 4.69) is 0 Å². The summed E-state index contributed by atoms with van der Waals surface area (Å²) in [7, 11) is 3.94. The molecule has 0 aliphatic carbocycles. The van der Waals surface area contributed by atoms with Crippen molar-refractivity contribution in [2.24, 2.45) is 0 Å². The Morgan fingerprint density at radius 3 is 2.22 bits per heavy atom. The monoisotopic (exact) mass is 239 g/mol. The van der Waals surface area contributed by atoms with Crippen LogP contribution >= 0.6 is 0 Å². The number of hydrogen-bond acceptors (Lipinski definition) is 2. The molecule has 0 spiro atoms. The molecule has 0 unspecified atom stereocenters. The Labute approximate surface area is 108 Å². The fourth-order valence-electron chi connectivity index (χ4n) is 1.80. The van der Waals surface area contributed by atoms with E-state index in [9.17, 15) is 4.79 Å². The van der Waals surface area contributed by atoms with Gasteiger partial charge in [0.2, 0.25) is 0 Å². The summed E-state index contributed by atoms with van der Waals surface area (Å²) in [5.74, 6) is 0.0682. The molecule has 18 heavy (non-hydrogen) atoms. The van der Waals surface area contributed by atoms with Gasteiger partial charge in [-0.1, -0.05) is 42.0 Å². The van der Waals surface area contributed by atoms with Gasteiger partial charge >= 0.3 is 0 Å². The van der Waals surface area contributed by atoms with Gasteiger partial charge in [0.15, 0.2) is 5.78 Å². The molecule has 0 aromatic heterocycles. The SMILES string of the molecule is Cc1ccc(C(=O)c2cccc(N(C)C)c2)cc1. The van der Waals surface area contributed by atoms with Crippen LogP contribution < -0.4 is 4.90 Å². The van der Waals surface area contributed by atoms with Crippen LogP contribution in [-0.4, -0.2) is 19.9 Å².